The normalized spacial score (nSPS) is 17.6. The molecule has 94 valence electrons. The van der Waals surface area contributed by atoms with Crippen molar-refractivity contribution in [2.45, 2.75) is 51.4 Å². The van der Waals surface area contributed by atoms with Crippen molar-refractivity contribution in [3.05, 3.63) is 29.6 Å². The summed E-state index contributed by atoms with van der Waals surface area (Å²) in [5, 5.41) is 3.42. The predicted octanol–water partition coefficient (Wildman–Crippen LogP) is 3.45. The van der Waals surface area contributed by atoms with Crippen molar-refractivity contribution in [2.24, 2.45) is 0 Å². The fraction of sp³-hybridized carbons (Fsp3) is 0.667. The second-order valence-electron chi connectivity index (χ2n) is 5.03. The molecule has 0 spiro atoms. The molecule has 2 rings (SSSR count). The van der Waals surface area contributed by atoms with Crippen molar-refractivity contribution in [3.63, 3.8) is 0 Å². The number of nitrogens with one attached hydrogen (secondary N) is 1. The van der Waals surface area contributed by atoms with E-state index < -0.39 is 0 Å². The summed E-state index contributed by atoms with van der Waals surface area (Å²) in [6.45, 7) is 6.79. The van der Waals surface area contributed by atoms with Crippen LogP contribution in [0.2, 0.25) is 0 Å². The van der Waals surface area contributed by atoms with Gasteiger partial charge in [0.15, 0.2) is 0 Å². The lowest BCUT2D eigenvalue weighted by molar-refractivity contribution is 0.451. The summed E-state index contributed by atoms with van der Waals surface area (Å²) in [5.74, 6) is 1.31. The van der Waals surface area contributed by atoms with E-state index >= 15 is 0 Å². The molecule has 0 aromatic carbocycles. The van der Waals surface area contributed by atoms with E-state index in [9.17, 15) is 0 Å². The van der Waals surface area contributed by atoms with E-state index in [1.165, 1.54) is 37.1 Å². The van der Waals surface area contributed by atoms with Crippen molar-refractivity contribution in [1.82, 2.24) is 10.3 Å². The summed E-state index contributed by atoms with van der Waals surface area (Å²) >= 11 is 0. The highest BCUT2D eigenvalue weighted by Gasteiger charge is 2.17. The quantitative estimate of drug-likeness (QED) is 0.860. The van der Waals surface area contributed by atoms with Crippen LogP contribution in [0.3, 0.4) is 0 Å². The van der Waals surface area contributed by atoms with Gasteiger partial charge in [-0.25, -0.2) is 0 Å². The van der Waals surface area contributed by atoms with Gasteiger partial charge in [0, 0.05) is 23.2 Å². The molecule has 0 atom stereocenters. The highest BCUT2D eigenvalue weighted by Crippen LogP contribution is 2.27. The Hall–Kier alpha value is -0.890. The molecule has 1 N–H and O–H groups in total. The van der Waals surface area contributed by atoms with E-state index in [4.69, 9.17) is 4.98 Å². The molecule has 1 aromatic heterocycles. The molecule has 1 saturated heterocycles. The Morgan fingerprint density at radius 2 is 1.94 bits per heavy atom. The van der Waals surface area contributed by atoms with Gasteiger partial charge in [-0.1, -0.05) is 19.9 Å². The minimum atomic E-state index is 0.636. The van der Waals surface area contributed by atoms with Gasteiger partial charge < -0.3 is 5.32 Å². The molecule has 17 heavy (non-hydrogen) atoms. The zero-order valence-electron chi connectivity index (χ0n) is 11.1. The Balaban J connectivity index is 2.15. The lowest BCUT2D eigenvalue weighted by atomic mass is 9.92. The largest absolute Gasteiger partial charge is 0.317 e. The number of hydrogen-bond donors (Lipinski definition) is 1. The maximum Gasteiger partial charge on any atom is 0.0438 e. The van der Waals surface area contributed by atoms with Gasteiger partial charge >= 0.3 is 0 Å². The zero-order valence-corrected chi connectivity index (χ0v) is 11.1. The highest BCUT2D eigenvalue weighted by molar-refractivity contribution is 5.18. The van der Waals surface area contributed by atoms with Crippen molar-refractivity contribution in [2.75, 3.05) is 13.1 Å². The van der Waals surface area contributed by atoms with Crippen LogP contribution in [0.15, 0.2) is 18.2 Å². The van der Waals surface area contributed by atoms with Gasteiger partial charge in [0.2, 0.25) is 0 Å². The summed E-state index contributed by atoms with van der Waals surface area (Å²) in [4.78, 5) is 4.91. The summed E-state index contributed by atoms with van der Waals surface area (Å²) in [7, 11) is 0. The molecule has 0 bridgehead atoms. The average molecular weight is 232 g/mol. The Labute approximate surface area is 105 Å². The van der Waals surface area contributed by atoms with Crippen molar-refractivity contribution in [1.29, 1.82) is 0 Å². The van der Waals surface area contributed by atoms with Gasteiger partial charge in [-0.05, 0) is 50.9 Å². The molecule has 0 amide bonds. The SMILES string of the molecule is CCC(CC)c1cccc(C2CCNCC2)n1. The molecule has 0 unspecified atom stereocenters. The Bertz CT molecular complexity index is 339. The maximum absolute atomic E-state index is 4.91. The van der Waals surface area contributed by atoms with Crippen molar-refractivity contribution >= 4 is 0 Å². The first-order chi connectivity index (χ1) is 8.35. The number of hydrogen-bond acceptors (Lipinski definition) is 2. The van der Waals surface area contributed by atoms with Gasteiger partial charge in [-0.2, -0.15) is 0 Å². The third-order valence-electron chi connectivity index (χ3n) is 3.95. The number of aromatic nitrogens is 1. The summed E-state index contributed by atoms with van der Waals surface area (Å²) in [6.07, 6.45) is 4.86. The van der Waals surface area contributed by atoms with Crippen LogP contribution in [0.5, 0.6) is 0 Å². The molecular weight excluding hydrogens is 208 g/mol. The number of nitrogens with zero attached hydrogens (tertiary/aromatic N) is 1. The molecule has 0 radical (unpaired) electrons. The van der Waals surface area contributed by atoms with E-state index in [0.717, 1.165) is 13.1 Å². The van der Waals surface area contributed by atoms with Crippen LogP contribution < -0.4 is 5.32 Å². The fourth-order valence-electron chi connectivity index (χ4n) is 2.75. The third-order valence-corrected chi connectivity index (χ3v) is 3.95. The van der Waals surface area contributed by atoms with E-state index in [1.54, 1.807) is 0 Å². The molecular formula is C15H24N2. The van der Waals surface area contributed by atoms with Crippen molar-refractivity contribution in [3.8, 4) is 0 Å². The number of pyridine rings is 1. The van der Waals surface area contributed by atoms with Crippen LogP contribution in [0.25, 0.3) is 0 Å². The average Bonchev–Trinajstić information content (AvgIpc) is 2.42. The van der Waals surface area contributed by atoms with Crippen LogP contribution in [0.1, 0.15) is 62.8 Å². The molecule has 0 saturated carbocycles. The van der Waals surface area contributed by atoms with Gasteiger partial charge in [-0.15, -0.1) is 0 Å². The highest BCUT2D eigenvalue weighted by atomic mass is 14.9. The Morgan fingerprint density at radius 3 is 2.59 bits per heavy atom. The van der Waals surface area contributed by atoms with Crippen LogP contribution in [0.4, 0.5) is 0 Å². The van der Waals surface area contributed by atoms with Gasteiger partial charge in [0.25, 0.3) is 0 Å². The second kappa shape index (κ2) is 6.15. The van der Waals surface area contributed by atoms with Crippen LogP contribution >= 0.6 is 0 Å². The van der Waals surface area contributed by atoms with Crippen molar-refractivity contribution < 1.29 is 0 Å². The molecule has 1 fully saturated rings. The number of rotatable bonds is 4. The smallest absolute Gasteiger partial charge is 0.0438 e. The Kier molecular flexibility index (Phi) is 4.55. The zero-order chi connectivity index (χ0) is 12.1. The van der Waals surface area contributed by atoms with Gasteiger partial charge in [0.05, 0.1) is 0 Å². The van der Waals surface area contributed by atoms with Crippen LogP contribution in [-0.4, -0.2) is 18.1 Å². The van der Waals surface area contributed by atoms with E-state index in [2.05, 4.69) is 37.4 Å². The van der Waals surface area contributed by atoms with E-state index in [1.807, 2.05) is 0 Å². The minimum Gasteiger partial charge on any atom is -0.317 e. The molecule has 2 nitrogen and oxygen atoms in total. The maximum atomic E-state index is 4.91. The van der Waals surface area contributed by atoms with E-state index in [-0.39, 0.29) is 0 Å². The summed E-state index contributed by atoms with van der Waals surface area (Å²) in [5.41, 5.74) is 2.61. The molecule has 2 heterocycles. The van der Waals surface area contributed by atoms with Crippen LogP contribution in [-0.2, 0) is 0 Å². The first-order valence-corrected chi connectivity index (χ1v) is 7.02. The Morgan fingerprint density at radius 1 is 1.24 bits per heavy atom. The monoisotopic (exact) mass is 232 g/mol. The summed E-state index contributed by atoms with van der Waals surface area (Å²) < 4.78 is 0. The lowest BCUT2D eigenvalue weighted by Crippen LogP contribution is -2.27. The molecule has 1 aliphatic heterocycles. The summed E-state index contributed by atoms with van der Waals surface area (Å²) in [6, 6.07) is 6.60. The molecule has 1 aliphatic rings. The molecule has 2 heteroatoms. The number of piperidine rings is 1. The topological polar surface area (TPSA) is 24.9 Å². The second-order valence-corrected chi connectivity index (χ2v) is 5.03. The van der Waals surface area contributed by atoms with Crippen LogP contribution in [0, 0.1) is 0 Å². The molecule has 1 aromatic rings. The van der Waals surface area contributed by atoms with E-state index in [0.29, 0.717) is 11.8 Å². The fourth-order valence-corrected chi connectivity index (χ4v) is 2.75. The lowest BCUT2D eigenvalue weighted by Gasteiger charge is -2.23. The minimum absolute atomic E-state index is 0.636. The first-order valence-electron chi connectivity index (χ1n) is 7.02. The third kappa shape index (κ3) is 3.06. The standard InChI is InChI=1S/C15H24N2/c1-3-12(4-2)14-6-5-7-15(17-14)13-8-10-16-11-9-13/h5-7,12-13,16H,3-4,8-11H2,1-2H3. The molecule has 0 aliphatic carbocycles. The van der Waals surface area contributed by atoms with Gasteiger partial charge in [-0.3, -0.25) is 4.98 Å². The van der Waals surface area contributed by atoms with Gasteiger partial charge in [0.1, 0.15) is 0 Å². The predicted molar refractivity (Wildman–Crippen MR) is 72.4 cm³/mol. The first kappa shape index (κ1) is 12.6.